The molecule has 1 aliphatic heterocycles. The van der Waals surface area contributed by atoms with Gasteiger partial charge in [-0.1, -0.05) is 12.2 Å². The van der Waals surface area contributed by atoms with Crippen molar-refractivity contribution in [1.29, 1.82) is 0 Å². The predicted molar refractivity (Wildman–Crippen MR) is 34.1 cm³/mol. The fraction of sp³-hybridized carbons (Fsp3) is 0.667. The monoisotopic (exact) mass is 112 g/mol. The van der Waals surface area contributed by atoms with Crippen LogP contribution in [0, 0.1) is 0 Å². The number of nitrogens with two attached hydrogens (primary N) is 1. The first kappa shape index (κ1) is 5.79. The second kappa shape index (κ2) is 2.84. The molecule has 2 heteroatoms. The van der Waals surface area contributed by atoms with Crippen molar-refractivity contribution in [1.82, 2.24) is 5.01 Å². The third-order valence-corrected chi connectivity index (χ3v) is 1.33. The number of nitrogens with zero attached hydrogens (tertiary/aromatic N) is 1. The van der Waals surface area contributed by atoms with Gasteiger partial charge in [-0.15, -0.1) is 0 Å². The Bertz CT molecular complexity index is 78.5. The topological polar surface area (TPSA) is 29.3 Å². The van der Waals surface area contributed by atoms with Gasteiger partial charge < -0.3 is 0 Å². The van der Waals surface area contributed by atoms with E-state index < -0.39 is 0 Å². The molecule has 0 unspecified atom stereocenters. The van der Waals surface area contributed by atoms with E-state index in [4.69, 9.17) is 5.84 Å². The smallest absolute Gasteiger partial charge is 0.0163 e. The minimum Gasteiger partial charge on any atom is -0.269 e. The van der Waals surface area contributed by atoms with Crippen molar-refractivity contribution in [2.24, 2.45) is 5.84 Å². The van der Waals surface area contributed by atoms with Gasteiger partial charge in [0, 0.05) is 13.1 Å². The van der Waals surface area contributed by atoms with Crippen LogP contribution in [0.4, 0.5) is 0 Å². The maximum absolute atomic E-state index is 5.53. The van der Waals surface area contributed by atoms with E-state index in [-0.39, 0.29) is 0 Å². The summed E-state index contributed by atoms with van der Waals surface area (Å²) in [7, 11) is 0. The fourth-order valence-corrected chi connectivity index (χ4v) is 0.828. The molecule has 8 heavy (non-hydrogen) atoms. The highest BCUT2D eigenvalue weighted by molar-refractivity contribution is 4.85. The Morgan fingerprint density at radius 3 is 2.12 bits per heavy atom. The standard InChI is InChI=1S/C6H12N2/c7-8-5-3-1-2-4-6-8/h1-2H,3-7H2. The Balaban J connectivity index is 2.28. The second-order valence-electron chi connectivity index (χ2n) is 2.08. The molecular weight excluding hydrogens is 100 g/mol. The van der Waals surface area contributed by atoms with Crippen LogP contribution >= 0.6 is 0 Å². The van der Waals surface area contributed by atoms with Gasteiger partial charge in [0.25, 0.3) is 0 Å². The lowest BCUT2D eigenvalue weighted by atomic mass is 10.4. The first-order valence-corrected chi connectivity index (χ1v) is 3.04. The highest BCUT2D eigenvalue weighted by atomic mass is 15.4. The molecule has 0 bridgehead atoms. The molecular formula is C6H12N2. The summed E-state index contributed by atoms with van der Waals surface area (Å²) < 4.78 is 0. The summed E-state index contributed by atoms with van der Waals surface area (Å²) in [5.41, 5.74) is 0. The van der Waals surface area contributed by atoms with Gasteiger partial charge in [-0.25, -0.2) is 5.01 Å². The van der Waals surface area contributed by atoms with E-state index in [0.29, 0.717) is 0 Å². The van der Waals surface area contributed by atoms with Gasteiger partial charge in [0.05, 0.1) is 0 Å². The largest absolute Gasteiger partial charge is 0.269 e. The maximum Gasteiger partial charge on any atom is 0.0163 e. The van der Waals surface area contributed by atoms with E-state index >= 15 is 0 Å². The van der Waals surface area contributed by atoms with E-state index in [1.807, 2.05) is 5.01 Å². The highest BCUT2D eigenvalue weighted by Crippen LogP contribution is 1.96. The lowest BCUT2D eigenvalue weighted by Crippen LogP contribution is -2.31. The minimum atomic E-state index is 1.01. The van der Waals surface area contributed by atoms with Crippen molar-refractivity contribution < 1.29 is 0 Å². The van der Waals surface area contributed by atoms with Gasteiger partial charge in [0.15, 0.2) is 0 Å². The van der Waals surface area contributed by atoms with Crippen molar-refractivity contribution in [3.63, 3.8) is 0 Å². The molecule has 2 N–H and O–H groups in total. The van der Waals surface area contributed by atoms with Gasteiger partial charge in [0.1, 0.15) is 0 Å². The normalized spacial score (nSPS) is 23.1. The van der Waals surface area contributed by atoms with Crippen molar-refractivity contribution in [3.8, 4) is 0 Å². The SMILES string of the molecule is NN1CCC=CCC1. The Labute approximate surface area is 49.9 Å². The quantitative estimate of drug-likeness (QED) is 0.365. The minimum absolute atomic E-state index is 1.01. The average Bonchev–Trinajstić information content (AvgIpc) is 1.94. The first-order valence-electron chi connectivity index (χ1n) is 3.04. The van der Waals surface area contributed by atoms with Crippen LogP contribution < -0.4 is 5.84 Å². The summed E-state index contributed by atoms with van der Waals surface area (Å²) in [5.74, 6) is 5.53. The third-order valence-electron chi connectivity index (χ3n) is 1.33. The van der Waals surface area contributed by atoms with Crippen molar-refractivity contribution in [2.45, 2.75) is 12.8 Å². The van der Waals surface area contributed by atoms with E-state index in [1.165, 1.54) is 0 Å². The van der Waals surface area contributed by atoms with E-state index in [0.717, 1.165) is 25.9 Å². The zero-order valence-corrected chi connectivity index (χ0v) is 5.01. The molecule has 0 radical (unpaired) electrons. The average molecular weight is 112 g/mol. The van der Waals surface area contributed by atoms with Crippen LogP contribution in [-0.2, 0) is 0 Å². The van der Waals surface area contributed by atoms with Crippen LogP contribution in [0.5, 0.6) is 0 Å². The second-order valence-corrected chi connectivity index (χ2v) is 2.08. The van der Waals surface area contributed by atoms with Crippen molar-refractivity contribution in [3.05, 3.63) is 12.2 Å². The highest BCUT2D eigenvalue weighted by Gasteiger charge is 1.97. The van der Waals surface area contributed by atoms with E-state index in [9.17, 15) is 0 Å². The number of hydrogen-bond acceptors (Lipinski definition) is 2. The van der Waals surface area contributed by atoms with E-state index in [2.05, 4.69) is 12.2 Å². The molecule has 2 nitrogen and oxygen atoms in total. The van der Waals surface area contributed by atoms with Crippen LogP contribution in [0.2, 0.25) is 0 Å². The lowest BCUT2D eigenvalue weighted by molar-refractivity contribution is 0.300. The van der Waals surface area contributed by atoms with Gasteiger partial charge in [-0.05, 0) is 12.8 Å². The van der Waals surface area contributed by atoms with Gasteiger partial charge in [-0.2, -0.15) is 0 Å². The Hall–Kier alpha value is -0.340. The summed E-state index contributed by atoms with van der Waals surface area (Å²) in [6.45, 7) is 2.02. The molecule has 0 aromatic rings. The van der Waals surface area contributed by atoms with Crippen molar-refractivity contribution in [2.75, 3.05) is 13.1 Å². The molecule has 46 valence electrons. The zero-order valence-electron chi connectivity index (χ0n) is 5.01. The maximum atomic E-state index is 5.53. The fourth-order valence-electron chi connectivity index (χ4n) is 0.828. The van der Waals surface area contributed by atoms with Gasteiger partial charge in [-0.3, -0.25) is 5.84 Å². The summed E-state index contributed by atoms with van der Waals surface area (Å²) >= 11 is 0. The molecule has 0 aromatic heterocycles. The van der Waals surface area contributed by atoms with Crippen LogP contribution in [0.25, 0.3) is 0 Å². The Morgan fingerprint density at radius 2 is 1.62 bits per heavy atom. The molecule has 0 atom stereocenters. The van der Waals surface area contributed by atoms with Crippen LogP contribution in [0.3, 0.4) is 0 Å². The summed E-state index contributed by atoms with van der Waals surface area (Å²) in [6, 6.07) is 0. The molecule has 0 amide bonds. The first-order chi connectivity index (χ1) is 3.89. The predicted octanol–water partition coefficient (Wildman–Crippen LogP) is 0.512. The van der Waals surface area contributed by atoms with Crippen LogP contribution in [0.1, 0.15) is 12.8 Å². The number of hydrogen-bond donors (Lipinski definition) is 1. The molecule has 0 aliphatic carbocycles. The number of hydrazine groups is 1. The number of rotatable bonds is 0. The van der Waals surface area contributed by atoms with Gasteiger partial charge >= 0.3 is 0 Å². The Morgan fingerprint density at radius 1 is 1.12 bits per heavy atom. The zero-order chi connectivity index (χ0) is 5.82. The van der Waals surface area contributed by atoms with Crippen LogP contribution in [-0.4, -0.2) is 18.1 Å². The molecule has 1 aliphatic rings. The summed E-state index contributed by atoms with van der Waals surface area (Å²) in [4.78, 5) is 0. The van der Waals surface area contributed by atoms with Crippen molar-refractivity contribution >= 4 is 0 Å². The molecule has 0 saturated heterocycles. The molecule has 0 aromatic carbocycles. The molecule has 0 fully saturated rings. The Kier molecular flexibility index (Phi) is 2.06. The van der Waals surface area contributed by atoms with Gasteiger partial charge in [0.2, 0.25) is 0 Å². The molecule has 0 spiro atoms. The molecule has 1 rings (SSSR count). The van der Waals surface area contributed by atoms with Crippen LogP contribution in [0.15, 0.2) is 12.2 Å². The summed E-state index contributed by atoms with van der Waals surface area (Å²) in [5, 5.41) is 1.86. The molecule has 0 saturated carbocycles. The summed E-state index contributed by atoms with van der Waals surface area (Å²) in [6.07, 6.45) is 6.59. The van der Waals surface area contributed by atoms with E-state index in [1.54, 1.807) is 0 Å². The third kappa shape index (κ3) is 1.64. The molecule has 1 heterocycles. The lowest BCUT2D eigenvalue weighted by Gasteiger charge is -2.10.